The molecule has 134 valence electrons. The van der Waals surface area contributed by atoms with Crippen LogP contribution < -0.4 is 10.6 Å². The van der Waals surface area contributed by atoms with E-state index in [2.05, 4.69) is 10.6 Å². The van der Waals surface area contributed by atoms with Crippen LogP contribution in [0.2, 0.25) is 0 Å². The Hall–Kier alpha value is -3.48. The van der Waals surface area contributed by atoms with Crippen molar-refractivity contribution in [2.24, 2.45) is 0 Å². The van der Waals surface area contributed by atoms with Crippen LogP contribution in [0.4, 0.5) is 4.79 Å². The normalized spacial score (nSPS) is 16.7. The van der Waals surface area contributed by atoms with Crippen LogP contribution in [0.5, 0.6) is 11.5 Å². The zero-order chi connectivity index (χ0) is 18.7. The Labute approximate surface area is 149 Å². The fourth-order valence-electron chi connectivity index (χ4n) is 2.80. The number of nitrogens with one attached hydrogen (secondary N) is 2. The van der Waals surface area contributed by atoms with Gasteiger partial charge in [0.15, 0.2) is 11.5 Å². The fraction of sp³-hybridized carbons (Fsp3) is 0.158. The maximum absolute atomic E-state index is 12.6. The van der Waals surface area contributed by atoms with Crippen LogP contribution >= 0.6 is 0 Å². The Morgan fingerprint density at radius 1 is 1.12 bits per heavy atom. The van der Waals surface area contributed by atoms with E-state index in [1.807, 2.05) is 6.07 Å². The minimum Gasteiger partial charge on any atom is -0.504 e. The van der Waals surface area contributed by atoms with Crippen LogP contribution in [0.15, 0.2) is 54.1 Å². The highest BCUT2D eigenvalue weighted by molar-refractivity contribution is 6.04. The summed E-state index contributed by atoms with van der Waals surface area (Å²) >= 11 is 0. The van der Waals surface area contributed by atoms with Gasteiger partial charge >= 0.3 is 12.0 Å². The first-order chi connectivity index (χ1) is 12.5. The number of urea groups is 1. The highest BCUT2D eigenvalue weighted by atomic mass is 16.5. The van der Waals surface area contributed by atoms with E-state index in [1.165, 1.54) is 18.2 Å². The van der Waals surface area contributed by atoms with Gasteiger partial charge in [0, 0.05) is 0 Å². The van der Waals surface area contributed by atoms with Gasteiger partial charge in [-0.25, -0.2) is 9.59 Å². The number of ether oxygens (including phenoxy) is 1. The Morgan fingerprint density at radius 3 is 2.50 bits per heavy atom. The number of amides is 2. The van der Waals surface area contributed by atoms with Gasteiger partial charge < -0.3 is 25.6 Å². The van der Waals surface area contributed by atoms with Gasteiger partial charge in [-0.15, -0.1) is 0 Å². The number of rotatable bonds is 4. The minimum atomic E-state index is -0.843. The molecule has 0 bridgehead atoms. The monoisotopic (exact) mass is 354 g/mol. The average molecular weight is 354 g/mol. The number of phenolic OH excluding ortho intramolecular Hbond substituents is 2. The highest BCUT2D eigenvalue weighted by Crippen LogP contribution is 2.35. The summed E-state index contributed by atoms with van der Waals surface area (Å²) < 4.78 is 5.17. The third kappa shape index (κ3) is 3.32. The predicted octanol–water partition coefficient (Wildman–Crippen LogP) is 2.43. The van der Waals surface area contributed by atoms with E-state index in [1.54, 1.807) is 31.2 Å². The molecule has 7 nitrogen and oxygen atoms in total. The largest absolute Gasteiger partial charge is 0.504 e. The third-order valence-corrected chi connectivity index (χ3v) is 3.96. The molecule has 7 heteroatoms. The lowest BCUT2D eigenvalue weighted by Gasteiger charge is -2.29. The van der Waals surface area contributed by atoms with Gasteiger partial charge in [-0.05, 0) is 30.2 Å². The van der Waals surface area contributed by atoms with Gasteiger partial charge in [-0.3, -0.25) is 0 Å². The van der Waals surface area contributed by atoms with E-state index in [0.717, 1.165) is 0 Å². The minimum absolute atomic E-state index is 0.173. The molecule has 1 atom stereocenters. The van der Waals surface area contributed by atoms with Gasteiger partial charge in [0.2, 0.25) is 0 Å². The standard InChI is InChI=1S/C19H18N2O5/c1-2-26-18(24)15-16(11-6-4-3-5-7-11)20-19(25)21-17(15)12-8-9-13(22)14(23)10-12/h3-10,17,22-23H,2H2,1H3,(H2,20,21,25). The number of carbonyl (C=O) groups is 2. The second-order valence-electron chi connectivity index (χ2n) is 5.65. The smallest absolute Gasteiger partial charge is 0.338 e. The first-order valence-electron chi connectivity index (χ1n) is 8.07. The number of aromatic hydroxyl groups is 2. The van der Waals surface area contributed by atoms with E-state index < -0.39 is 18.0 Å². The maximum atomic E-state index is 12.6. The molecule has 0 fully saturated rings. The molecular weight excluding hydrogens is 336 g/mol. The molecule has 0 spiro atoms. The van der Waals surface area contributed by atoms with Crippen molar-refractivity contribution < 1.29 is 24.5 Å². The van der Waals surface area contributed by atoms with Crippen LogP contribution in [0.25, 0.3) is 5.70 Å². The summed E-state index contributed by atoms with van der Waals surface area (Å²) in [5, 5.41) is 24.7. The summed E-state index contributed by atoms with van der Waals surface area (Å²) in [5.41, 5.74) is 1.64. The van der Waals surface area contributed by atoms with E-state index in [9.17, 15) is 19.8 Å². The maximum Gasteiger partial charge on any atom is 0.338 e. The van der Waals surface area contributed by atoms with Gasteiger partial charge in [-0.1, -0.05) is 36.4 Å². The summed E-state index contributed by atoms with van der Waals surface area (Å²) in [5.74, 6) is -1.23. The van der Waals surface area contributed by atoms with Crippen LogP contribution in [0, 0.1) is 0 Å². The second kappa shape index (κ2) is 7.18. The molecule has 26 heavy (non-hydrogen) atoms. The number of esters is 1. The number of phenols is 2. The molecule has 0 saturated carbocycles. The van der Waals surface area contributed by atoms with Crippen LogP contribution in [-0.4, -0.2) is 28.8 Å². The van der Waals surface area contributed by atoms with E-state index in [0.29, 0.717) is 16.8 Å². The van der Waals surface area contributed by atoms with Gasteiger partial charge in [0.1, 0.15) is 0 Å². The topological polar surface area (TPSA) is 108 Å². The zero-order valence-corrected chi connectivity index (χ0v) is 14.0. The molecule has 0 aliphatic carbocycles. The summed E-state index contributed by atoms with van der Waals surface area (Å²) in [4.78, 5) is 24.8. The summed E-state index contributed by atoms with van der Waals surface area (Å²) in [6, 6.07) is 11.7. The number of hydrogen-bond donors (Lipinski definition) is 4. The first-order valence-corrected chi connectivity index (χ1v) is 8.07. The lowest BCUT2D eigenvalue weighted by atomic mass is 9.92. The molecule has 2 aromatic rings. The Morgan fingerprint density at radius 2 is 1.85 bits per heavy atom. The van der Waals surface area contributed by atoms with Crippen LogP contribution in [0.1, 0.15) is 24.1 Å². The average Bonchev–Trinajstić information content (AvgIpc) is 2.64. The molecular formula is C19H18N2O5. The van der Waals surface area contributed by atoms with Crippen molar-refractivity contribution in [2.45, 2.75) is 13.0 Å². The highest BCUT2D eigenvalue weighted by Gasteiger charge is 2.34. The van der Waals surface area contributed by atoms with Crippen molar-refractivity contribution in [1.29, 1.82) is 0 Å². The molecule has 2 amide bonds. The van der Waals surface area contributed by atoms with Crippen LogP contribution in [-0.2, 0) is 9.53 Å². The van der Waals surface area contributed by atoms with E-state index >= 15 is 0 Å². The molecule has 1 aliphatic heterocycles. The quantitative estimate of drug-likeness (QED) is 0.498. The number of hydrogen-bond acceptors (Lipinski definition) is 5. The van der Waals surface area contributed by atoms with Crippen molar-refractivity contribution in [3.63, 3.8) is 0 Å². The molecule has 4 N–H and O–H groups in total. The second-order valence-corrected chi connectivity index (χ2v) is 5.65. The fourth-order valence-corrected chi connectivity index (χ4v) is 2.80. The Bertz CT molecular complexity index is 877. The van der Waals surface area contributed by atoms with Crippen LogP contribution in [0.3, 0.4) is 0 Å². The molecule has 1 heterocycles. The molecule has 0 saturated heterocycles. The molecule has 2 aromatic carbocycles. The first kappa shape index (κ1) is 17.3. The number of carbonyl (C=O) groups excluding carboxylic acids is 2. The summed E-state index contributed by atoms with van der Waals surface area (Å²) in [6.45, 7) is 1.86. The van der Waals surface area contributed by atoms with Crippen molar-refractivity contribution in [3.8, 4) is 11.5 Å². The molecule has 0 radical (unpaired) electrons. The lowest BCUT2D eigenvalue weighted by molar-refractivity contribution is -0.138. The predicted molar refractivity (Wildman–Crippen MR) is 94.2 cm³/mol. The molecule has 1 unspecified atom stereocenters. The lowest BCUT2D eigenvalue weighted by Crippen LogP contribution is -2.45. The van der Waals surface area contributed by atoms with Crippen molar-refractivity contribution >= 4 is 17.7 Å². The Kier molecular flexibility index (Phi) is 4.79. The SMILES string of the molecule is CCOC(=O)C1=C(c2ccccc2)NC(=O)NC1c1ccc(O)c(O)c1. The van der Waals surface area contributed by atoms with Gasteiger partial charge in [0.25, 0.3) is 0 Å². The zero-order valence-electron chi connectivity index (χ0n) is 14.0. The molecule has 0 aromatic heterocycles. The molecule has 1 aliphatic rings. The van der Waals surface area contributed by atoms with Gasteiger partial charge in [-0.2, -0.15) is 0 Å². The van der Waals surface area contributed by atoms with Crippen molar-refractivity contribution in [1.82, 2.24) is 10.6 Å². The van der Waals surface area contributed by atoms with Crippen molar-refractivity contribution in [3.05, 3.63) is 65.2 Å². The third-order valence-electron chi connectivity index (χ3n) is 3.96. The molecule has 3 rings (SSSR count). The summed E-state index contributed by atoms with van der Waals surface area (Å²) in [7, 11) is 0. The Balaban J connectivity index is 2.18. The van der Waals surface area contributed by atoms with E-state index in [-0.39, 0.29) is 23.7 Å². The number of benzene rings is 2. The van der Waals surface area contributed by atoms with Crippen molar-refractivity contribution in [2.75, 3.05) is 6.61 Å². The van der Waals surface area contributed by atoms with E-state index in [4.69, 9.17) is 4.74 Å². The summed E-state index contributed by atoms with van der Waals surface area (Å²) in [6.07, 6.45) is 0. The van der Waals surface area contributed by atoms with Gasteiger partial charge in [0.05, 0.1) is 23.9 Å².